The van der Waals surface area contributed by atoms with Gasteiger partial charge in [0.25, 0.3) is 0 Å². The molecule has 0 aliphatic carbocycles. The van der Waals surface area contributed by atoms with Crippen molar-refractivity contribution < 1.29 is 34.4 Å². The summed E-state index contributed by atoms with van der Waals surface area (Å²) >= 11 is 2.87. The fraction of sp³-hybridized carbons (Fsp3) is 0.236. The van der Waals surface area contributed by atoms with Crippen molar-refractivity contribution in [3.05, 3.63) is 181 Å². The number of carboxylic acids is 2. The second-order valence-electron chi connectivity index (χ2n) is 18.4. The van der Waals surface area contributed by atoms with Gasteiger partial charge in [-0.05, 0) is 69.9 Å². The number of aromatic nitrogens is 6. The van der Waals surface area contributed by atoms with Gasteiger partial charge in [-0.2, -0.15) is 0 Å². The summed E-state index contributed by atoms with van der Waals surface area (Å²) in [6.07, 6.45) is 5.91. The maximum absolute atomic E-state index is 11.4. The van der Waals surface area contributed by atoms with Crippen LogP contribution in [0.4, 0.5) is 10.3 Å². The number of nitrogens with two attached hydrogens (primary N) is 1. The van der Waals surface area contributed by atoms with E-state index < -0.39 is 38.6 Å². The molecule has 0 saturated carbocycles. The Balaban J connectivity index is 0.000000165. The van der Waals surface area contributed by atoms with Gasteiger partial charge in [0, 0.05) is 72.5 Å². The van der Waals surface area contributed by atoms with E-state index in [4.69, 9.17) is 20.4 Å². The summed E-state index contributed by atoms with van der Waals surface area (Å²) in [6.45, 7) is 10.9. The smallest absolute Gasteiger partial charge is 0.332 e. The van der Waals surface area contributed by atoms with E-state index in [2.05, 4.69) is 81.7 Å². The lowest BCUT2D eigenvalue weighted by Crippen LogP contribution is -2.46. The second-order valence-corrected chi connectivity index (χ2v) is 25.1. The zero-order valence-electron chi connectivity index (χ0n) is 41.2. The molecule has 5 aromatic carbocycles. The van der Waals surface area contributed by atoms with Crippen LogP contribution in [0.15, 0.2) is 164 Å². The number of pyridine rings is 2. The van der Waals surface area contributed by atoms with Gasteiger partial charge in [0.2, 0.25) is 10.3 Å². The molecule has 3 unspecified atom stereocenters. The Kier molecular flexibility index (Phi) is 19.9. The standard InChI is InChI=1S/C20H18N4OS.C15H24O3Si.C11H8N4S.C9H10O3/c25-18(10-14-4-2-1-3-5-14)13-22-20-24-23-19(26-20)16-6-7-17-12-21-9-8-15(17)11-16;1-15(2,3)19(4,5)18-13(14(16)17)11-12-9-7-6-8-10-12;12-11-15-14-10(16-11)8-1-2-9-6-13-4-3-7(9)5-8;10-8(9(11)12)6-7-4-2-1-3-5-7/h1-9,11-12,18,25H,10,13H2,(H,22,24);6-10,13H,11H2,1-5H3,(H,16,17);1-6H,(H2,12,15);1-5,8,10H,6H2,(H,11,12). The number of aliphatic carboxylic acids is 2. The molecular weight excluding hydrogens is 977 g/mol. The lowest BCUT2D eigenvalue weighted by Gasteiger charge is -2.38. The van der Waals surface area contributed by atoms with Crippen molar-refractivity contribution in [3.8, 4) is 21.1 Å². The average molecular weight is 1040 g/mol. The minimum Gasteiger partial charge on any atom is -0.479 e. The Hall–Kier alpha value is -7.32. The fourth-order valence-electron chi connectivity index (χ4n) is 6.82. The topological polar surface area (TPSA) is 240 Å². The quantitative estimate of drug-likeness (QED) is 0.0524. The Labute approximate surface area is 433 Å². The average Bonchev–Trinajstić information content (AvgIpc) is 4.06. The normalized spacial score (nSPS) is 12.4. The van der Waals surface area contributed by atoms with E-state index in [9.17, 15) is 19.8 Å². The molecule has 73 heavy (non-hydrogen) atoms. The number of anilines is 2. The molecule has 0 amide bonds. The van der Waals surface area contributed by atoms with E-state index in [0.717, 1.165) is 59.4 Å². The highest BCUT2D eigenvalue weighted by atomic mass is 32.1. The molecule has 9 rings (SSSR count). The summed E-state index contributed by atoms with van der Waals surface area (Å²) in [5.74, 6) is -2.06. The lowest BCUT2D eigenvalue weighted by molar-refractivity contribution is -0.146. The van der Waals surface area contributed by atoms with Gasteiger partial charge in [-0.25, -0.2) is 9.59 Å². The first kappa shape index (κ1) is 55.0. The minimum atomic E-state index is -2.07. The maximum atomic E-state index is 11.4. The van der Waals surface area contributed by atoms with Gasteiger partial charge in [-0.3, -0.25) is 9.97 Å². The fourth-order valence-corrected chi connectivity index (χ4v) is 9.43. The molecule has 0 fully saturated rings. The van der Waals surface area contributed by atoms with Crippen molar-refractivity contribution >= 4 is 74.7 Å². The number of aliphatic hydroxyl groups is 2. The molecule has 4 aromatic heterocycles. The van der Waals surface area contributed by atoms with Gasteiger partial charge in [-0.15, -0.1) is 20.4 Å². The molecule has 15 nitrogen and oxygen atoms in total. The van der Waals surface area contributed by atoms with Crippen molar-refractivity contribution in [2.45, 2.75) is 76.5 Å². The Morgan fingerprint density at radius 3 is 1.56 bits per heavy atom. The molecule has 0 aliphatic rings. The molecule has 0 spiro atoms. The predicted molar refractivity (Wildman–Crippen MR) is 294 cm³/mol. The van der Waals surface area contributed by atoms with Crippen molar-refractivity contribution in [1.29, 1.82) is 0 Å². The number of aliphatic hydroxyl groups excluding tert-OH is 2. The zero-order chi connectivity index (χ0) is 52.4. The third-order valence-corrected chi connectivity index (χ3v) is 18.0. The minimum absolute atomic E-state index is 0.0113. The Bertz CT molecular complexity index is 3140. The molecule has 18 heteroatoms. The van der Waals surface area contributed by atoms with Crippen LogP contribution in [0.5, 0.6) is 0 Å². The Morgan fingerprint density at radius 1 is 0.616 bits per heavy atom. The largest absolute Gasteiger partial charge is 0.479 e. The molecular formula is C55H60N8O7S2Si. The number of nitrogen functional groups attached to an aromatic ring is 1. The van der Waals surface area contributed by atoms with Crippen molar-refractivity contribution in [2.24, 2.45) is 0 Å². The molecule has 9 aromatic rings. The van der Waals surface area contributed by atoms with E-state index >= 15 is 0 Å². The van der Waals surface area contributed by atoms with Crippen LogP contribution in [0.25, 0.3) is 42.7 Å². The van der Waals surface area contributed by atoms with E-state index in [1.807, 2.05) is 128 Å². The van der Waals surface area contributed by atoms with Gasteiger partial charge in [0.1, 0.15) is 16.1 Å². The monoisotopic (exact) mass is 1040 g/mol. The summed E-state index contributed by atoms with van der Waals surface area (Å²) in [6, 6.07) is 44.8. The first-order chi connectivity index (χ1) is 34.9. The van der Waals surface area contributed by atoms with Crippen LogP contribution < -0.4 is 11.1 Å². The molecule has 4 heterocycles. The van der Waals surface area contributed by atoms with Crippen molar-refractivity contribution in [3.63, 3.8) is 0 Å². The SMILES string of the molecule is CC(C)(C)[Si](C)(C)OC(Cc1ccccc1)C(=O)O.Nc1nnc(-c2ccc3cnccc3c2)s1.O=C(O)C(O)Cc1ccccc1.OC(CNc1nnc(-c2ccc3cnccc3c2)s1)Cc1ccccc1. The van der Waals surface area contributed by atoms with Crippen molar-refractivity contribution in [1.82, 2.24) is 30.4 Å². The third-order valence-electron chi connectivity index (χ3n) is 11.8. The van der Waals surface area contributed by atoms with Crippen LogP contribution in [-0.4, -0.2) is 95.9 Å². The van der Waals surface area contributed by atoms with Gasteiger partial charge in [0.15, 0.2) is 14.4 Å². The number of hydrogen-bond donors (Lipinski definition) is 6. The zero-order valence-corrected chi connectivity index (χ0v) is 43.9. The number of hydrogen-bond acceptors (Lipinski definition) is 15. The number of nitrogens with one attached hydrogen (secondary N) is 1. The lowest BCUT2D eigenvalue weighted by atomic mass is 10.1. The molecule has 0 radical (unpaired) electrons. The van der Waals surface area contributed by atoms with E-state index in [0.29, 0.717) is 29.6 Å². The number of fused-ring (bicyclic) bond motifs is 2. The third kappa shape index (κ3) is 17.2. The van der Waals surface area contributed by atoms with Crippen LogP contribution >= 0.6 is 22.7 Å². The van der Waals surface area contributed by atoms with Crippen LogP contribution in [-0.2, 0) is 33.3 Å². The highest BCUT2D eigenvalue weighted by Gasteiger charge is 2.40. The van der Waals surface area contributed by atoms with Gasteiger partial charge < -0.3 is 35.9 Å². The number of rotatable bonds is 15. The van der Waals surface area contributed by atoms with E-state index in [-0.39, 0.29) is 11.5 Å². The van der Waals surface area contributed by atoms with E-state index in [1.54, 1.807) is 24.5 Å². The van der Waals surface area contributed by atoms with Crippen molar-refractivity contribution in [2.75, 3.05) is 17.6 Å². The first-order valence-corrected chi connectivity index (χ1v) is 27.9. The molecule has 3 atom stereocenters. The molecule has 0 aliphatic heterocycles. The van der Waals surface area contributed by atoms with Gasteiger partial charge in [0.05, 0.1) is 6.10 Å². The van der Waals surface area contributed by atoms with E-state index in [1.165, 1.54) is 22.7 Å². The maximum Gasteiger partial charge on any atom is 0.332 e. The highest BCUT2D eigenvalue weighted by molar-refractivity contribution is 7.18. The van der Waals surface area contributed by atoms with Gasteiger partial charge in [-0.1, -0.05) is 159 Å². The summed E-state index contributed by atoms with van der Waals surface area (Å²) in [4.78, 5) is 29.9. The molecule has 0 bridgehead atoms. The van der Waals surface area contributed by atoms with Crippen LogP contribution in [0.2, 0.25) is 18.1 Å². The van der Waals surface area contributed by atoms with Crippen LogP contribution in [0, 0.1) is 0 Å². The molecule has 0 saturated heterocycles. The summed E-state index contributed by atoms with van der Waals surface area (Å²) < 4.78 is 6.01. The highest BCUT2D eigenvalue weighted by Crippen LogP contribution is 2.38. The first-order valence-electron chi connectivity index (χ1n) is 23.4. The number of carboxylic acid groups (broad SMARTS) is 2. The molecule has 378 valence electrons. The summed E-state index contributed by atoms with van der Waals surface area (Å²) in [5.41, 5.74) is 10.6. The van der Waals surface area contributed by atoms with Gasteiger partial charge >= 0.3 is 11.9 Å². The number of benzene rings is 5. The summed E-state index contributed by atoms with van der Waals surface area (Å²) in [7, 11) is -2.07. The second kappa shape index (κ2) is 26.4. The Morgan fingerprint density at radius 2 is 1.10 bits per heavy atom. The van der Waals surface area contributed by atoms with Crippen LogP contribution in [0.3, 0.4) is 0 Å². The predicted octanol–water partition coefficient (Wildman–Crippen LogP) is 10.5. The number of carbonyl (C=O) groups is 2. The van der Waals surface area contributed by atoms with Crippen LogP contribution in [0.1, 0.15) is 37.5 Å². The summed E-state index contributed by atoms with van der Waals surface area (Å²) in [5, 5.41) is 63.8. The number of nitrogens with zero attached hydrogens (tertiary/aromatic N) is 6. The molecule has 7 N–H and O–H groups in total.